The van der Waals surface area contributed by atoms with Crippen molar-refractivity contribution >= 4 is 17.2 Å². The molecular formula is C18H24N2O2S. The molecule has 0 spiro atoms. The van der Waals surface area contributed by atoms with Gasteiger partial charge in [0.25, 0.3) is 0 Å². The molecule has 0 bridgehead atoms. The molecule has 0 aliphatic heterocycles. The SMILES string of the molecule is CCCCCNC(=O)Cc1csc(-c2ccc(OCC)cc2)n1. The third-order valence-electron chi connectivity index (χ3n) is 3.41. The molecule has 2 aromatic rings. The van der Waals surface area contributed by atoms with E-state index in [-0.39, 0.29) is 5.91 Å². The van der Waals surface area contributed by atoms with Crippen LogP contribution in [0.4, 0.5) is 0 Å². The van der Waals surface area contributed by atoms with Crippen molar-refractivity contribution in [1.29, 1.82) is 0 Å². The second-order valence-electron chi connectivity index (χ2n) is 5.34. The zero-order chi connectivity index (χ0) is 16.5. The van der Waals surface area contributed by atoms with Crippen molar-refractivity contribution in [1.82, 2.24) is 10.3 Å². The number of aromatic nitrogens is 1. The van der Waals surface area contributed by atoms with Crippen LogP contribution in [0, 0.1) is 0 Å². The molecule has 124 valence electrons. The largest absolute Gasteiger partial charge is 0.494 e. The van der Waals surface area contributed by atoms with E-state index in [2.05, 4.69) is 17.2 Å². The van der Waals surface area contributed by atoms with E-state index in [0.717, 1.165) is 47.8 Å². The molecule has 0 aliphatic rings. The lowest BCUT2D eigenvalue weighted by molar-refractivity contribution is -0.120. The second kappa shape index (κ2) is 9.30. The van der Waals surface area contributed by atoms with Crippen LogP contribution in [0.5, 0.6) is 5.75 Å². The van der Waals surface area contributed by atoms with E-state index in [9.17, 15) is 4.79 Å². The van der Waals surface area contributed by atoms with Crippen LogP contribution in [0.1, 0.15) is 38.8 Å². The Bertz CT molecular complexity index is 608. The minimum Gasteiger partial charge on any atom is -0.494 e. The molecule has 4 nitrogen and oxygen atoms in total. The summed E-state index contributed by atoms with van der Waals surface area (Å²) in [4.78, 5) is 16.4. The van der Waals surface area contributed by atoms with Crippen LogP contribution in [-0.2, 0) is 11.2 Å². The number of hydrogen-bond acceptors (Lipinski definition) is 4. The fourth-order valence-electron chi connectivity index (χ4n) is 2.21. The Kier molecular flexibility index (Phi) is 7.07. The topological polar surface area (TPSA) is 51.2 Å². The first-order valence-electron chi connectivity index (χ1n) is 8.17. The van der Waals surface area contributed by atoms with Crippen molar-refractivity contribution in [2.45, 2.75) is 39.5 Å². The Hall–Kier alpha value is -1.88. The van der Waals surface area contributed by atoms with Gasteiger partial charge in [0, 0.05) is 17.5 Å². The Balaban J connectivity index is 1.88. The van der Waals surface area contributed by atoms with Gasteiger partial charge < -0.3 is 10.1 Å². The first-order chi connectivity index (χ1) is 11.2. The van der Waals surface area contributed by atoms with Crippen molar-refractivity contribution < 1.29 is 9.53 Å². The van der Waals surface area contributed by atoms with E-state index < -0.39 is 0 Å². The van der Waals surface area contributed by atoms with Gasteiger partial charge in [0.2, 0.25) is 5.91 Å². The maximum atomic E-state index is 11.9. The molecule has 0 saturated carbocycles. The molecule has 0 saturated heterocycles. The zero-order valence-corrected chi connectivity index (χ0v) is 14.6. The van der Waals surface area contributed by atoms with Gasteiger partial charge in [0.05, 0.1) is 18.7 Å². The number of benzene rings is 1. The standard InChI is InChI=1S/C18H24N2O2S/c1-3-5-6-11-19-17(21)12-15-13-23-18(20-15)14-7-9-16(10-8-14)22-4-2/h7-10,13H,3-6,11-12H2,1-2H3,(H,19,21). The summed E-state index contributed by atoms with van der Waals surface area (Å²) in [6, 6.07) is 7.89. The monoisotopic (exact) mass is 332 g/mol. The second-order valence-corrected chi connectivity index (χ2v) is 6.19. The van der Waals surface area contributed by atoms with Crippen molar-refractivity contribution in [2.24, 2.45) is 0 Å². The van der Waals surface area contributed by atoms with Gasteiger partial charge in [-0.2, -0.15) is 0 Å². The van der Waals surface area contributed by atoms with E-state index in [1.165, 1.54) is 0 Å². The molecule has 1 amide bonds. The van der Waals surface area contributed by atoms with Crippen molar-refractivity contribution in [2.75, 3.05) is 13.2 Å². The van der Waals surface area contributed by atoms with Gasteiger partial charge in [0.1, 0.15) is 10.8 Å². The number of rotatable bonds is 9. The number of thiazole rings is 1. The number of amides is 1. The van der Waals surface area contributed by atoms with Crippen molar-refractivity contribution in [3.63, 3.8) is 0 Å². The first kappa shape index (κ1) is 17.5. The van der Waals surface area contributed by atoms with E-state index in [4.69, 9.17) is 4.74 Å². The minimum absolute atomic E-state index is 0.0460. The Labute approximate surface area is 141 Å². The van der Waals surface area contributed by atoms with E-state index >= 15 is 0 Å². The molecule has 1 heterocycles. The highest BCUT2D eigenvalue weighted by Gasteiger charge is 2.09. The van der Waals surface area contributed by atoms with Gasteiger partial charge in [0.15, 0.2) is 0 Å². The van der Waals surface area contributed by atoms with Gasteiger partial charge in [-0.05, 0) is 37.6 Å². The fourth-order valence-corrected chi connectivity index (χ4v) is 3.04. The Morgan fingerprint density at radius 1 is 1.22 bits per heavy atom. The molecule has 2 rings (SSSR count). The van der Waals surface area contributed by atoms with Gasteiger partial charge >= 0.3 is 0 Å². The quantitative estimate of drug-likeness (QED) is 0.705. The van der Waals surface area contributed by atoms with Crippen LogP contribution in [0.25, 0.3) is 10.6 Å². The number of carbonyl (C=O) groups is 1. The molecule has 1 aromatic carbocycles. The van der Waals surface area contributed by atoms with Crippen LogP contribution in [-0.4, -0.2) is 24.0 Å². The lowest BCUT2D eigenvalue weighted by Crippen LogP contribution is -2.26. The number of carbonyl (C=O) groups excluding carboxylic acids is 1. The average Bonchev–Trinajstić information content (AvgIpc) is 3.01. The van der Waals surface area contributed by atoms with Gasteiger partial charge in [-0.25, -0.2) is 4.98 Å². The Morgan fingerprint density at radius 3 is 2.70 bits per heavy atom. The highest BCUT2D eigenvalue weighted by Crippen LogP contribution is 2.25. The summed E-state index contributed by atoms with van der Waals surface area (Å²) >= 11 is 1.56. The summed E-state index contributed by atoms with van der Waals surface area (Å²) in [5.41, 5.74) is 1.87. The normalized spacial score (nSPS) is 10.5. The van der Waals surface area contributed by atoms with Crippen molar-refractivity contribution in [3.05, 3.63) is 35.3 Å². The average molecular weight is 332 g/mol. The zero-order valence-electron chi connectivity index (χ0n) is 13.8. The molecule has 5 heteroatoms. The van der Waals surface area contributed by atoms with Gasteiger partial charge in [-0.1, -0.05) is 19.8 Å². The number of ether oxygens (including phenoxy) is 1. The lowest BCUT2D eigenvalue weighted by atomic mass is 10.2. The van der Waals surface area contributed by atoms with E-state index in [1.54, 1.807) is 11.3 Å². The number of nitrogens with zero attached hydrogens (tertiary/aromatic N) is 1. The minimum atomic E-state index is 0.0460. The summed E-state index contributed by atoms with van der Waals surface area (Å²) < 4.78 is 5.44. The molecule has 0 atom stereocenters. The molecule has 23 heavy (non-hydrogen) atoms. The highest BCUT2D eigenvalue weighted by atomic mass is 32.1. The van der Waals surface area contributed by atoms with Gasteiger partial charge in [-0.15, -0.1) is 11.3 Å². The van der Waals surface area contributed by atoms with Crippen LogP contribution < -0.4 is 10.1 Å². The predicted molar refractivity (Wildman–Crippen MR) is 95.0 cm³/mol. The van der Waals surface area contributed by atoms with E-state index in [0.29, 0.717) is 13.0 Å². The van der Waals surface area contributed by atoms with E-state index in [1.807, 2.05) is 36.6 Å². The van der Waals surface area contributed by atoms with Crippen LogP contribution in [0.3, 0.4) is 0 Å². The number of unbranched alkanes of at least 4 members (excludes halogenated alkanes) is 2. The van der Waals surface area contributed by atoms with Crippen LogP contribution in [0.2, 0.25) is 0 Å². The third-order valence-corrected chi connectivity index (χ3v) is 4.35. The van der Waals surface area contributed by atoms with Crippen LogP contribution in [0.15, 0.2) is 29.6 Å². The summed E-state index contributed by atoms with van der Waals surface area (Å²) in [5.74, 6) is 0.907. The summed E-state index contributed by atoms with van der Waals surface area (Å²) in [6.45, 7) is 5.53. The third kappa shape index (κ3) is 5.67. The van der Waals surface area contributed by atoms with Crippen molar-refractivity contribution in [3.8, 4) is 16.3 Å². The molecule has 0 fully saturated rings. The maximum Gasteiger partial charge on any atom is 0.226 e. The maximum absolute atomic E-state index is 11.9. The Morgan fingerprint density at radius 2 is 2.00 bits per heavy atom. The smallest absolute Gasteiger partial charge is 0.226 e. The molecule has 0 aliphatic carbocycles. The lowest BCUT2D eigenvalue weighted by Gasteiger charge is -2.03. The number of nitrogens with one attached hydrogen (secondary N) is 1. The fraction of sp³-hybridized carbons (Fsp3) is 0.444. The predicted octanol–water partition coefficient (Wildman–Crippen LogP) is 4.06. The van der Waals surface area contributed by atoms with Crippen LogP contribution >= 0.6 is 11.3 Å². The molecule has 1 aromatic heterocycles. The molecule has 0 unspecified atom stereocenters. The molecule has 1 N–H and O–H groups in total. The van der Waals surface area contributed by atoms with Gasteiger partial charge in [-0.3, -0.25) is 4.79 Å². The summed E-state index contributed by atoms with van der Waals surface area (Å²) in [6.07, 6.45) is 3.70. The molecular weight excluding hydrogens is 308 g/mol. The number of hydrogen-bond donors (Lipinski definition) is 1. The highest BCUT2D eigenvalue weighted by molar-refractivity contribution is 7.13. The summed E-state index contributed by atoms with van der Waals surface area (Å²) in [7, 11) is 0. The summed E-state index contributed by atoms with van der Waals surface area (Å²) in [5, 5.41) is 5.83. The molecule has 0 radical (unpaired) electrons. The first-order valence-corrected chi connectivity index (χ1v) is 9.05.